The van der Waals surface area contributed by atoms with E-state index < -0.39 is 0 Å². The number of imidazole rings is 1. The van der Waals surface area contributed by atoms with Crippen LogP contribution in [0.4, 0.5) is 0 Å². The number of carbonyl (C=O) groups is 1. The Morgan fingerprint density at radius 1 is 1.20 bits per heavy atom. The van der Waals surface area contributed by atoms with Gasteiger partial charge < -0.3 is 4.57 Å². The van der Waals surface area contributed by atoms with Gasteiger partial charge in [0.2, 0.25) is 0 Å². The van der Waals surface area contributed by atoms with Crippen LogP contribution in [0.15, 0.2) is 54.7 Å². The summed E-state index contributed by atoms with van der Waals surface area (Å²) in [6, 6.07) is 15.1. The van der Waals surface area contributed by atoms with Crippen LogP contribution in [-0.2, 0) is 17.8 Å². The first kappa shape index (κ1) is 20.1. The van der Waals surface area contributed by atoms with E-state index in [9.17, 15) is 4.79 Å². The van der Waals surface area contributed by atoms with Crippen molar-refractivity contribution in [2.45, 2.75) is 19.9 Å². The normalized spacial score (nSPS) is 11.2. The molecule has 4 rings (SSSR count). The summed E-state index contributed by atoms with van der Waals surface area (Å²) in [6.07, 6.45) is 2.36. The summed E-state index contributed by atoms with van der Waals surface area (Å²) in [7, 11) is 3.04. The molecule has 0 radical (unpaired) electrons. The van der Waals surface area contributed by atoms with E-state index in [2.05, 4.69) is 16.6 Å². The lowest BCUT2D eigenvalue weighted by Gasteiger charge is -2.13. The highest BCUT2D eigenvalue weighted by molar-refractivity contribution is 6.30. The smallest absolute Gasteiger partial charge is 0.277 e. The first-order valence-electron chi connectivity index (χ1n) is 9.62. The third-order valence-corrected chi connectivity index (χ3v) is 5.30. The molecule has 0 N–H and O–H groups in total. The molecule has 2 aromatic carbocycles. The Labute approximate surface area is 179 Å². The molecule has 154 valence electrons. The van der Waals surface area contributed by atoms with E-state index in [0.717, 1.165) is 34.8 Å². The number of amides is 1. The number of hydrogen-bond acceptors (Lipinski definition) is 4. The molecule has 0 aliphatic rings. The number of hydrogen-bond donors (Lipinski definition) is 0. The average Bonchev–Trinajstić information content (AvgIpc) is 3.36. The predicted octanol–water partition coefficient (Wildman–Crippen LogP) is 4.12. The Kier molecular flexibility index (Phi) is 5.57. The number of rotatable bonds is 6. The molecule has 0 atom stereocenters. The second-order valence-corrected chi connectivity index (χ2v) is 7.29. The van der Waals surface area contributed by atoms with Crippen molar-refractivity contribution < 1.29 is 9.63 Å². The summed E-state index contributed by atoms with van der Waals surface area (Å²) in [4.78, 5) is 22.2. The molecule has 1 amide bonds. The van der Waals surface area contributed by atoms with E-state index in [1.807, 2.05) is 41.1 Å². The molecule has 0 bridgehead atoms. The standard InChI is InChI=1S/C22H22ClN5O2/c1-4-27-20-9-8-15(22(29)26(2)30-3)12-19(20)25-21(27)14-18-10-11-24-28(18)17-7-5-6-16(23)13-17/h5-13H,4,14H2,1-3H3. The Hall–Kier alpha value is -3.16. The molecular weight excluding hydrogens is 402 g/mol. The molecule has 0 aliphatic heterocycles. The number of benzene rings is 2. The highest BCUT2D eigenvalue weighted by Gasteiger charge is 2.17. The fourth-order valence-electron chi connectivity index (χ4n) is 3.53. The van der Waals surface area contributed by atoms with Gasteiger partial charge in [-0.05, 0) is 49.4 Å². The van der Waals surface area contributed by atoms with E-state index in [-0.39, 0.29) is 5.91 Å². The van der Waals surface area contributed by atoms with Gasteiger partial charge in [0, 0.05) is 36.8 Å². The fraction of sp³-hybridized carbons (Fsp3) is 0.227. The van der Waals surface area contributed by atoms with Crippen molar-refractivity contribution in [2.75, 3.05) is 14.2 Å². The van der Waals surface area contributed by atoms with E-state index in [0.29, 0.717) is 17.0 Å². The SMILES string of the molecule is CCn1c(Cc2ccnn2-c2cccc(Cl)c2)nc2cc(C(=O)N(C)OC)ccc21. The highest BCUT2D eigenvalue weighted by atomic mass is 35.5. The number of nitrogens with zero attached hydrogens (tertiary/aromatic N) is 5. The van der Waals surface area contributed by atoms with Crippen LogP contribution in [0.25, 0.3) is 16.7 Å². The number of carbonyl (C=O) groups excluding carboxylic acids is 1. The lowest BCUT2D eigenvalue weighted by molar-refractivity contribution is -0.0756. The maximum absolute atomic E-state index is 12.4. The molecule has 0 fully saturated rings. The van der Waals surface area contributed by atoms with Crippen LogP contribution in [0.2, 0.25) is 5.02 Å². The van der Waals surface area contributed by atoms with E-state index in [1.165, 1.54) is 12.2 Å². The summed E-state index contributed by atoms with van der Waals surface area (Å²) in [5.74, 6) is 0.687. The van der Waals surface area contributed by atoms with E-state index in [1.54, 1.807) is 25.4 Å². The molecule has 0 saturated carbocycles. The number of aryl methyl sites for hydroxylation is 1. The lowest BCUT2D eigenvalue weighted by atomic mass is 10.2. The van der Waals surface area contributed by atoms with Crippen molar-refractivity contribution in [3.05, 3.63) is 76.8 Å². The zero-order chi connectivity index (χ0) is 21.3. The van der Waals surface area contributed by atoms with Gasteiger partial charge in [0.1, 0.15) is 5.82 Å². The lowest BCUT2D eigenvalue weighted by Crippen LogP contribution is -2.25. The summed E-state index contributed by atoms with van der Waals surface area (Å²) >= 11 is 6.15. The molecule has 0 unspecified atom stereocenters. The minimum Gasteiger partial charge on any atom is -0.328 e. The van der Waals surface area contributed by atoms with Crippen LogP contribution in [0, 0.1) is 0 Å². The molecule has 0 aliphatic carbocycles. The summed E-state index contributed by atoms with van der Waals surface area (Å²) in [6.45, 7) is 2.85. The Balaban J connectivity index is 1.72. The molecule has 4 aromatic rings. The number of fused-ring (bicyclic) bond motifs is 1. The molecule has 2 heterocycles. The van der Waals surface area contributed by atoms with E-state index in [4.69, 9.17) is 21.4 Å². The van der Waals surface area contributed by atoms with Gasteiger partial charge in [-0.1, -0.05) is 17.7 Å². The van der Waals surface area contributed by atoms with Gasteiger partial charge in [-0.25, -0.2) is 14.7 Å². The van der Waals surface area contributed by atoms with Gasteiger partial charge >= 0.3 is 0 Å². The van der Waals surface area contributed by atoms with Gasteiger partial charge in [-0.15, -0.1) is 0 Å². The van der Waals surface area contributed by atoms with Crippen molar-refractivity contribution in [1.82, 2.24) is 24.4 Å². The minimum absolute atomic E-state index is 0.217. The molecule has 8 heteroatoms. The fourth-order valence-corrected chi connectivity index (χ4v) is 3.72. The van der Waals surface area contributed by atoms with Gasteiger partial charge in [-0.3, -0.25) is 9.63 Å². The van der Waals surface area contributed by atoms with Crippen LogP contribution < -0.4 is 0 Å². The number of hydroxylamine groups is 2. The first-order valence-corrected chi connectivity index (χ1v) is 9.99. The minimum atomic E-state index is -0.217. The number of aromatic nitrogens is 4. The molecule has 30 heavy (non-hydrogen) atoms. The maximum atomic E-state index is 12.4. The topological polar surface area (TPSA) is 65.2 Å². The first-order chi connectivity index (χ1) is 14.5. The van der Waals surface area contributed by atoms with Gasteiger partial charge in [0.15, 0.2) is 0 Å². The van der Waals surface area contributed by atoms with Gasteiger partial charge in [0.05, 0.1) is 29.5 Å². The summed E-state index contributed by atoms with van der Waals surface area (Å²) in [5, 5.41) is 6.31. The molecule has 0 spiro atoms. The van der Waals surface area contributed by atoms with Crippen molar-refractivity contribution in [3.63, 3.8) is 0 Å². The summed E-state index contributed by atoms with van der Waals surface area (Å²) in [5.41, 5.74) is 4.19. The predicted molar refractivity (Wildman–Crippen MR) is 116 cm³/mol. The third kappa shape index (κ3) is 3.69. The highest BCUT2D eigenvalue weighted by Crippen LogP contribution is 2.22. The van der Waals surface area contributed by atoms with Crippen LogP contribution >= 0.6 is 11.6 Å². The van der Waals surface area contributed by atoms with Crippen LogP contribution in [0.3, 0.4) is 0 Å². The molecule has 7 nitrogen and oxygen atoms in total. The van der Waals surface area contributed by atoms with Crippen LogP contribution in [0.1, 0.15) is 28.8 Å². The van der Waals surface area contributed by atoms with Crippen LogP contribution in [-0.4, -0.2) is 44.5 Å². The van der Waals surface area contributed by atoms with Crippen molar-refractivity contribution >= 4 is 28.5 Å². The van der Waals surface area contributed by atoms with Crippen molar-refractivity contribution in [1.29, 1.82) is 0 Å². The van der Waals surface area contributed by atoms with Gasteiger partial charge in [-0.2, -0.15) is 5.10 Å². The average molecular weight is 424 g/mol. The van der Waals surface area contributed by atoms with Crippen LogP contribution in [0.5, 0.6) is 0 Å². The zero-order valence-corrected chi connectivity index (χ0v) is 17.8. The van der Waals surface area contributed by atoms with E-state index >= 15 is 0 Å². The monoisotopic (exact) mass is 423 g/mol. The molecular formula is C22H22ClN5O2. The second-order valence-electron chi connectivity index (χ2n) is 6.85. The number of halogens is 1. The molecule has 0 saturated heterocycles. The quantitative estimate of drug-likeness (QED) is 0.437. The Morgan fingerprint density at radius 2 is 2.03 bits per heavy atom. The largest absolute Gasteiger partial charge is 0.328 e. The van der Waals surface area contributed by atoms with Gasteiger partial charge in [0.25, 0.3) is 5.91 Å². The third-order valence-electron chi connectivity index (χ3n) is 5.06. The molecule has 2 aromatic heterocycles. The van der Waals surface area contributed by atoms with Crippen molar-refractivity contribution in [3.8, 4) is 5.69 Å². The second kappa shape index (κ2) is 8.30. The Bertz CT molecular complexity index is 1210. The van der Waals surface area contributed by atoms with Crippen molar-refractivity contribution in [2.24, 2.45) is 0 Å². The zero-order valence-electron chi connectivity index (χ0n) is 17.0. The maximum Gasteiger partial charge on any atom is 0.277 e. The summed E-state index contributed by atoms with van der Waals surface area (Å²) < 4.78 is 4.02. The Morgan fingerprint density at radius 3 is 2.77 bits per heavy atom.